The second-order valence-corrected chi connectivity index (χ2v) is 6.79. The lowest BCUT2D eigenvalue weighted by Crippen LogP contribution is -1.93. The van der Waals surface area contributed by atoms with Gasteiger partial charge in [-0.3, -0.25) is 4.98 Å². The molecule has 0 bridgehead atoms. The third kappa shape index (κ3) is 2.66. The Morgan fingerprint density at radius 1 is 1.20 bits per heavy atom. The Morgan fingerprint density at radius 2 is 1.90 bits per heavy atom. The SMILES string of the molecule is O=c1[nH]c2ccc(C(Br)c3ccc(I)c(Cl)c3)cc2o1. The summed E-state index contributed by atoms with van der Waals surface area (Å²) in [5.41, 5.74) is 3.29. The minimum atomic E-state index is -0.444. The third-order valence-corrected chi connectivity index (χ3v) is 5.60. The minimum absolute atomic E-state index is 0.0124. The highest BCUT2D eigenvalue weighted by Crippen LogP contribution is 2.34. The Labute approximate surface area is 141 Å². The number of hydrogen-bond acceptors (Lipinski definition) is 2. The van der Waals surface area contributed by atoms with Crippen molar-refractivity contribution in [2.24, 2.45) is 0 Å². The first-order chi connectivity index (χ1) is 9.54. The molecule has 0 saturated heterocycles. The molecule has 1 heterocycles. The molecule has 3 nitrogen and oxygen atoms in total. The average molecular weight is 464 g/mol. The van der Waals surface area contributed by atoms with Gasteiger partial charge in [-0.05, 0) is 58.0 Å². The van der Waals surface area contributed by atoms with Crippen LogP contribution in [0.3, 0.4) is 0 Å². The predicted octanol–water partition coefficient (Wildman–Crippen LogP) is 4.86. The van der Waals surface area contributed by atoms with Crippen LogP contribution < -0.4 is 5.76 Å². The molecule has 0 fully saturated rings. The van der Waals surface area contributed by atoms with E-state index in [0.717, 1.165) is 19.7 Å². The Kier molecular flexibility index (Phi) is 3.92. The fourth-order valence-corrected chi connectivity index (χ4v) is 3.08. The van der Waals surface area contributed by atoms with Crippen LogP contribution in [0.25, 0.3) is 11.1 Å². The fraction of sp³-hybridized carbons (Fsp3) is 0.0714. The maximum absolute atomic E-state index is 11.2. The van der Waals surface area contributed by atoms with Crippen LogP contribution >= 0.6 is 50.1 Å². The van der Waals surface area contributed by atoms with Gasteiger partial charge in [0, 0.05) is 3.57 Å². The van der Waals surface area contributed by atoms with Crippen molar-refractivity contribution in [2.45, 2.75) is 4.83 Å². The van der Waals surface area contributed by atoms with Gasteiger partial charge in [0.05, 0.1) is 15.4 Å². The summed E-state index contributed by atoms with van der Waals surface area (Å²) in [4.78, 5) is 13.8. The van der Waals surface area contributed by atoms with E-state index in [0.29, 0.717) is 11.1 Å². The van der Waals surface area contributed by atoms with E-state index in [9.17, 15) is 4.79 Å². The van der Waals surface area contributed by atoms with Gasteiger partial charge in [-0.25, -0.2) is 4.79 Å². The second-order valence-electron chi connectivity index (χ2n) is 4.31. The number of H-pyrrole nitrogens is 1. The molecule has 2 aromatic carbocycles. The van der Waals surface area contributed by atoms with Crippen LogP contribution in [0.5, 0.6) is 0 Å². The maximum atomic E-state index is 11.2. The van der Waals surface area contributed by atoms with E-state index in [4.69, 9.17) is 16.0 Å². The Morgan fingerprint density at radius 3 is 2.65 bits per heavy atom. The van der Waals surface area contributed by atoms with Crippen molar-refractivity contribution in [2.75, 3.05) is 0 Å². The molecule has 0 saturated carbocycles. The number of fused-ring (bicyclic) bond motifs is 1. The van der Waals surface area contributed by atoms with Gasteiger partial charge in [-0.15, -0.1) is 0 Å². The molecule has 1 unspecified atom stereocenters. The summed E-state index contributed by atoms with van der Waals surface area (Å²) in [5, 5.41) is 0.724. The van der Waals surface area contributed by atoms with Crippen molar-refractivity contribution in [3.63, 3.8) is 0 Å². The van der Waals surface area contributed by atoms with Crippen molar-refractivity contribution in [1.82, 2.24) is 4.98 Å². The average Bonchev–Trinajstić information content (AvgIpc) is 2.80. The molecule has 102 valence electrons. The molecule has 3 rings (SSSR count). The summed E-state index contributed by atoms with van der Waals surface area (Å²) >= 11 is 12.0. The van der Waals surface area contributed by atoms with Crippen LogP contribution in [-0.4, -0.2) is 4.98 Å². The molecule has 1 N–H and O–H groups in total. The summed E-state index contributed by atoms with van der Waals surface area (Å²) < 4.78 is 6.09. The zero-order valence-corrected chi connectivity index (χ0v) is 14.5. The molecule has 0 radical (unpaired) electrons. The van der Waals surface area contributed by atoms with E-state index in [2.05, 4.69) is 43.5 Å². The molecule has 0 amide bonds. The Hall–Kier alpha value is -0.790. The van der Waals surface area contributed by atoms with Crippen LogP contribution in [0.2, 0.25) is 5.02 Å². The number of halogens is 3. The van der Waals surface area contributed by atoms with Crippen molar-refractivity contribution in [3.8, 4) is 0 Å². The van der Waals surface area contributed by atoms with Gasteiger partial charge in [0.2, 0.25) is 0 Å². The molecule has 1 aromatic heterocycles. The Balaban J connectivity index is 2.04. The first kappa shape index (κ1) is 14.2. The third-order valence-electron chi connectivity index (χ3n) is 2.97. The predicted molar refractivity (Wildman–Crippen MR) is 91.8 cm³/mol. The molecule has 1 atom stereocenters. The molecule has 6 heteroatoms. The number of aromatic amines is 1. The number of nitrogens with one attached hydrogen (secondary N) is 1. The quantitative estimate of drug-likeness (QED) is 0.435. The van der Waals surface area contributed by atoms with Crippen LogP contribution in [0.4, 0.5) is 0 Å². The second kappa shape index (κ2) is 5.54. The van der Waals surface area contributed by atoms with Gasteiger partial charge in [0.15, 0.2) is 5.58 Å². The normalized spacial score (nSPS) is 12.8. The molecule has 0 aliphatic heterocycles. The van der Waals surface area contributed by atoms with Gasteiger partial charge in [0.1, 0.15) is 0 Å². The molecular weight excluding hydrogens is 456 g/mol. The summed E-state index contributed by atoms with van der Waals surface area (Å²) in [6.07, 6.45) is 0. The summed E-state index contributed by atoms with van der Waals surface area (Å²) in [6, 6.07) is 11.5. The van der Waals surface area contributed by atoms with Crippen LogP contribution in [-0.2, 0) is 0 Å². The lowest BCUT2D eigenvalue weighted by Gasteiger charge is -2.11. The fourth-order valence-electron chi connectivity index (χ4n) is 1.98. The largest absolute Gasteiger partial charge is 0.417 e. The van der Waals surface area contributed by atoms with Gasteiger partial charge in [-0.2, -0.15) is 0 Å². The highest BCUT2D eigenvalue weighted by atomic mass is 127. The molecule has 0 spiro atoms. The van der Waals surface area contributed by atoms with Crippen LogP contribution in [0.15, 0.2) is 45.6 Å². The maximum Gasteiger partial charge on any atom is 0.417 e. The minimum Gasteiger partial charge on any atom is -0.408 e. The van der Waals surface area contributed by atoms with E-state index in [-0.39, 0.29) is 4.83 Å². The Bertz CT molecular complexity index is 843. The van der Waals surface area contributed by atoms with E-state index in [1.165, 1.54) is 0 Å². The molecule has 20 heavy (non-hydrogen) atoms. The number of benzene rings is 2. The standard InChI is InChI=1S/C14H8BrClINO2/c15-13(7-1-3-10(17)9(16)5-7)8-2-4-11-12(6-8)20-14(19)18-11/h1-6,13H,(H,18,19). The lowest BCUT2D eigenvalue weighted by atomic mass is 10.0. The van der Waals surface area contributed by atoms with E-state index < -0.39 is 5.76 Å². The van der Waals surface area contributed by atoms with E-state index in [1.54, 1.807) is 0 Å². The van der Waals surface area contributed by atoms with Gasteiger partial charge < -0.3 is 4.42 Å². The number of aromatic nitrogens is 1. The summed E-state index contributed by atoms with van der Waals surface area (Å²) in [7, 11) is 0. The summed E-state index contributed by atoms with van der Waals surface area (Å²) in [5.74, 6) is -0.444. The number of oxazole rings is 1. The highest BCUT2D eigenvalue weighted by Gasteiger charge is 2.13. The highest BCUT2D eigenvalue weighted by molar-refractivity contribution is 14.1. The van der Waals surface area contributed by atoms with Gasteiger partial charge in [-0.1, -0.05) is 39.7 Å². The molecule has 0 aliphatic rings. The van der Waals surface area contributed by atoms with E-state index in [1.807, 2.05) is 36.4 Å². The number of rotatable bonds is 2. The van der Waals surface area contributed by atoms with Crippen LogP contribution in [0, 0.1) is 3.57 Å². The molecule has 0 aliphatic carbocycles. The van der Waals surface area contributed by atoms with Gasteiger partial charge >= 0.3 is 5.76 Å². The lowest BCUT2D eigenvalue weighted by molar-refractivity contribution is 0.555. The van der Waals surface area contributed by atoms with Crippen molar-refractivity contribution in [1.29, 1.82) is 0 Å². The zero-order valence-electron chi connectivity index (χ0n) is 9.99. The van der Waals surface area contributed by atoms with E-state index >= 15 is 0 Å². The first-order valence-electron chi connectivity index (χ1n) is 5.76. The number of alkyl halides is 1. The van der Waals surface area contributed by atoms with Crippen molar-refractivity contribution < 1.29 is 4.42 Å². The monoisotopic (exact) mass is 463 g/mol. The first-order valence-corrected chi connectivity index (χ1v) is 8.13. The topological polar surface area (TPSA) is 46.0 Å². The van der Waals surface area contributed by atoms with Crippen molar-refractivity contribution in [3.05, 3.63) is 66.7 Å². The molecule has 3 aromatic rings. The zero-order chi connectivity index (χ0) is 14.3. The number of hydrogen-bond donors (Lipinski definition) is 1. The van der Waals surface area contributed by atoms with Crippen LogP contribution in [0.1, 0.15) is 16.0 Å². The summed E-state index contributed by atoms with van der Waals surface area (Å²) in [6.45, 7) is 0. The smallest absolute Gasteiger partial charge is 0.408 e. The molecular formula is C14H8BrClINO2. The van der Waals surface area contributed by atoms with Crippen molar-refractivity contribution >= 4 is 61.2 Å². The van der Waals surface area contributed by atoms with Gasteiger partial charge in [0.25, 0.3) is 0 Å².